The number of benzene rings is 3. The van der Waals surface area contributed by atoms with Crippen molar-refractivity contribution < 1.29 is 37.5 Å². The molecule has 206 valence electrons. The van der Waals surface area contributed by atoms with Gasteiger partial charge >= 0.3 is 11.9 Å². The molecular weight excluding hydrogens is 536 g/mol. The second-order valence-electron chi connectivity index (χ2n) is 6.65. The maximum Gasteiger partial charge on any atom is 0.337 e. The highest BCUT2D eigenvalue weighted by Gasteiger charge is 2.19. The van der Waals surface area contributed by atoms with E-state index >= 15 is 0 Å². The molecule has 0 fully saturated rings. The zero-order valence-corrected chi connectivity index (χ0v) is 22.7. The topological polar surface area (TPSA) is 203 Å². The standard InChI is InChI=1S/C20H18N4O8S2.2C2H6/c21-31-32-33-13-5-1-11(2-6-13)23-17-9-16(20(27)28)18(10-15(17)19(25)26)24-12-3-7-14(8-4-12)34(22,29)30;2*1-2/h1-10,23-24H,21H2,(H,25,26)(H,27,28)(H2,22,29,30);2*1-2H3. The Kier molecular flexibility index (Phi) is 13.3. The van der Waals surface area contributed by atoms with Gasteiger partial charge in [0.15, 0.2) is 0 Å². The van der Waals surface area contributed by atoms with Crippen molar-refractivity contribution in [3.8, 4) is 0 Å². The number of carboxylic acid groups (broad SMARTS) is 2. The molecule has 0 unspecified atom stereocenters. The third-order valence-electron chi connectivity index (χ3n) is 4.38. The van der Waals surface area contributed by atoms with Crippen molar-refractivity contribution >= 4 is 56.8 Å². The smallest absolute Gasteiger partial charge is 0.337 e. The van der Waals surface area contributed by atoms with Gasteiger partial charge in [0.2, 0.25) is 10.0 Å². The van der Waals surface area contributed by atoms with Crippen molar-refractivity contribution in [2.24, 2.45) is 11.0 Å². The number of rotatable bonds is 10. The number of hydrogen-bond donors (Lipinski definition) is 6. The summed E-state index contributed by atoms with van der Waals surface area (Å²) in [4.78, 5) is 28.3. The van der Waals surface area contributed by atoms with E-state index in [2.05, 4.69) is 20.0 Å². The fraction of sp³-hybridized carbons (Fsp3) is 0.167. The monoisotopic (exact) mass is 566 g/mol. The third kappa shape index (κ3) is 9.33. The molecule has 3 aromatic carbocycles. The molecule has 0 amide bonds. The largest absolute Gasteiger partial charge is 0.478 e. The predicted molar refractivity (Wildman–Crippen MR) is 146 cm³/mol. The lowest BCUT2D eigenvalue weighted by Crippen LogP contribution is -2.12. The summed E-state index contributed by atoms with van der Waals surface area (Å²) in [5.74, 6) is 2.17. The quantitative estimate of drug-likeness (QED) is 0.108. The maximum absolute atomic E-state index is 11.9. The Morgan fingerprint density at radius 2 is 1.18 bits per heavy atom. The van der Waals surface area contributed by atoms with Gasteiger partial charge in [-0.05, 0) is 60.7 Å². The fourth-order valence-corrected chi connectivity index (χ4v) is 3.73. The molecule has 0 aliphatic carbocycles. The van der Waals surface area contributed by atoms with E-state index in [4.69, 9.17) is 11.0 Å². The van der Waals surface area contributed by atoms with E-state index in [9.17, 15) is 28.2 Å². The SMILES string of the molecule is CC.CC.NOOSc1ccc(Nc2cc(C(=O)O)c(Nc3ccc(S(N)(=O)=O)cc3)cc2C(=O)O)cc1. The maximum atomic E-state index is 11.9. The molecule has 8 N–H and O–H groups in total. The average molecular weight is 567 g/mol. The van der Waals surface area contributed by atoms with E-state index in [-0.39, 0.29) is 27.4 Å². The molecule has 12 nitrogen and oxygen atoms in total. The highest BCUT2D eigenvalue weighted by Crippen LogP contribution is 2.31. The summed E-state index contributed by atoms with van der Waals surface area (Å²) in [5.41, 5.74) is 0.419. The first kappa shape index (κ1) is 32.4. The van der Waals surface area contributed by atoms with Gasteiger partial charge in [-0.2, -0.15) is 5.90 Å². The van der Waals surface area contributed by atoms with Gasteiger partial charge in [0.25, 0.3) is 0 Å². The van der Waals surface area contributed by atoms with Gasteiger partial charge in [0.1, 0.15) is 0 Å². The Morgan fingerprint density at radius 1 is 0.789 bits per heavy atom. The minimum Gasteiger partial charge on any atom is -0.478 e. The molecule has 0 aromatic heterocycles. The van der Waals surface area contributed by atoms with Crippen LogP contribution in [0.3, 0.4) is 0 Å². The van der Waals surface area contributed by atoms with Crippen molar-refractivity contribution in [3.05, 3.63) is 71.8 Å². The zero-order valence-electron chi connectivity index (χ0n) is 21.1. The van der Waals surface area contributed by atoms with Gasteiger partial charge in [-0.3, -0.25) is 0 Å². The summed E-state index contributed by atoms with van der Waals surface area (Å²) in [5, 5.41) is 30.1. The van der Waals surface area contributed by atoms with Crippen LogP contribution in [0.1, 0.15) is 48.4 Å². The third-order valence-corrected chi connectivity index (χ3v) is 5.92. The summed E-state index contributed by atoms with van der Waals surface area (Å²) in [7, 11) is -3.90. The van der Waals surface area contributed by atoms with E-state index in [0.29, 0.717) is 16.3 Å². The van der Waals surface area contributed by atoms with Crippen LogP contribution in [0.2, 0.25) is 0 Å². The highest BCUT2D eigenvalue weighted by molar-refractivity contribution is 7.94. The fourth-order valence-electron chi connectivity index (χ4n) is 2.85. The van der Waals surface area contributed by atoms with Crippen LogP contribution < -0.4 is 21.7 Å². The van der Waals surface area contributed by atoms with Gasteiger partial charge in [-0.15, -0.1) is 9.32 Å². The van der Waals surface area contributed by atoms with E-state index in [1.54, 1.807) is 24.3 Å². The number of aromatic carboxylic acids is 2. The van der Waals surface area contributed by atoms with Crippen molar-refractivity contribution in [2.75, 3.05) is 10.6 Å². The molecular formula is C24H30N4O8S2. The Hall–Kier alpha value is -3.66. The first-order valence-electron chi connectivity index (χ1n) is 11.2. The van der Waals surface area contributed by atoms with Gasteiger partial charge in [-0.1, -0.05) is 27.7 Å². The van der Waals surface area contributed by atoms with Crippen molar-refractivity contribution in [1.82, 2.24) is 0 Å². The number of sulfonamides is 1. The van der Waals surface area contributed by atoms with Crippen LogP contribution >= 0.6 is 12.0 Å². The number of nitrogens with one attached hydrogen (secondary N) is 2. The second-order valence-corrected chi connectivity index (χ2v) is 8.98. The van der Waals surface area contributed by atoms with Crippen LogP contribution in [0.25, 0.3) is 0 Å². The minimum atomic E-state index is -3.90. The number of anilines is 4. The highest BCUT2D eigenvalue weighted by atomic mass is 32.2. The normalized spacial score (nSPS) is 10.3. The molecule has 0 aliphatic heterocycles. The van der Waals surface area contributed by atoms with Crippen LogP contribution in [0, 0.1) is 0 Å². The summed E-state index contributed by atoms with van der Waals surface area (Å²) in [6.07, 6.45) is 0. The van der Waals surface area contributed by atoms with Gasteiger partial charge < -0.3 is 20.8 Å². The number of primary sulfonamides is 1. The van der Waals surface area contributed by atoms with Crippen molar-refractivity contribution in [2.45, 2.75) is 37.5 Å². The molecule has 0 aliphatic rings. The van der Waals surface area contributed by atoms with Crippen molar-refractivity contribution in [1.29, 1.82) is 0 Å². The number of carboxylic acids is 2. The van der Waals surface area contributed by atoms with Crippen LogP contribution in [0.5, 0.6) is 0 Å². The Labute approximate surface area is 225 Å². The molecule has 0 saturated carbocycles. The summed E-state index contributed by atoms with van der Waals surface area (Å²) in [6, 6.07) is 14.1. The van der Waals surface area contributed by atoms with Crippen LogP contribution in [-0.4, -0.2) is 30.6 Å². The van der Waals surface area contributed by atoms with E-state index in [0.717, 1.165) is 12.0 Å². The molecule has 38 heavy (non-hydrogen) atoms. The Bertz CT molecular complexity index is 1320. The molecule has 0 saturated heterocycles. The molecule has 0 atom stereocenters. The lowest BCUT2D eigenvalue weighted by molar-refractivity contribution is -0.195. The lowest BCUT2D eigenvalue weighted by Gasteiger charge is -2.16. The molecule has 3 rings (SSSR count). The average Bonchev–Trinajstić information content (AvgIpc) is 2.90. The Morgan fingerprint density at radius 3 is 1.53 bits per heavy atom. The van der Waals surface area contributed by atoms with Crippen molar-refractivity contribution in [3.63, 3.8) is 0 Å². The van der Waals surface area contributed by atoms with Gasteiger partial charge in [0.05, 0.1) is 39.4 Å². The molecule has 3 aromatic rings. The zero-order chi connectivity index (χ0) is 28.9. The predicted octanol–water partition coefficient (Wildman–Crippen LogP) is 5.10. The minimum absolute atomic E-state index is 0.00973. The van der Waals surface area contributed by atoms with Gasteiger partial charge in [-0.25, -0.2) is 23.1 Å². The molecule has 0 bridgehead atoms. The number of hydrogen-bond acceptors (Lipinski definition) is 10. The summed E-state index contributed by atoms with van der Waals surface area (Å²) >= 11 is 0.859. The summed E-state index contributed by atoms with van der Waals surface area (Å²) < 4.78 is 27.4. The van der Waals surface area contributed by atoms with E-state index in [1.165, 1.54) is 36.4 Å². The van der Waals surface area contributed by atoms with Crippen LogP contribution in [-0.2, 0) is 19.3 Å². The van der Waals surface area contributed by atoms with Crippen LogP contribution in [0.15, 0.2) is 70.5 Å². The number of carbonyl (C=O) groups is 2. The van der Waals surface area contributed by atoms with Gasteiger partial charge in [0, 0.05) is 16.3 Å². The van der Waals surface area contributed by atoms with E-state index in [1.807, 2.05) is 27.7 Å². The lowest BCUT2D eigenvalue weighted by atomic mass is 10.1. The first-order chi connectivity index (χ1) is 18.1. The molecule has 0 heterocycles. The second kappa shape index (κ2) is 15.6. The molecule has 0 radical (unpaired) electrons. The van der Waals surface area contributed by atoms with E-state index < -0.39 is 22.0 Å². The van der Waals surface area contributed by atoms with Crippen LogP contribution in [0.4, 0.5) is 22.7 Å². The molecule has 0 spiro atoms. The first-order valence-corrected chi connectivity index (χ1v) is 13.5. The molecule has 14 heteroatoms. The summed E-state index contributed by atoms with van der Waals surface area (Å²) in [6.45, 7) is 8.00. The number of nitrogens with two attached hydrogens (primary N) is 2. The Balaban J connectivity index is 0.00000172.